The van der Waals surface area contributed by atoms with E-state index in [1.54, 1.807) is 26.0 Å². The van der Waals surface area contributed by atoms with Crippen molar-refractivity contribution in [2.24, 2.45) is 11.7 Å². The highest BCUT2D eigenvalue weighted by molar-refractivity contribution is 6.08. The van der Waals surface area contributed by atoms with Gasteiger partial charge in [-0.2, -0.15) is 0 Å². The maximum absolute atomic E-state index is 12.6. The number of primary amides is 1. The van der Waals surface area contributed by atoms with Crippen LogP contribution in [-0.4, -0.2) is 30.4 Å². The van der Waals surface area contributed by atoms with Gasteiger partial charge in [0.2, 0.25) is 5.91 Å². The van der Waals surface area contributed by atoms with Gasteiger partial charge in [-0.25, -0.2) is 0 Å². The number of carbonyl (C=O) groups excluding carboxylic acids is 3. The molecule has 0 saturated carbocycles. The highest BCUT2D eigenvalue weighted by Crippen LogP contribution is 2.19. The Bertz CT molecular complexity index is 783. The van der Waals surface area contributed by atoms with E-state index in [1.165, 1.54) is 0 Å². The summed E-state index contributed by atoms with van der Waals surface area (Å²) in [5.74, 6) is -2.07. The maximum Gasteiger partial charge on any atom is 0.308 e. The molecule has 0 spiro atoms. The van der Waals surface area contributed by atoms with E-state index in [-0.39, 0.29) is 13.0 Å². The first-order valence-electron chi connectivity index (χ1n) is 8.18. The quantitative estimate of drug-likeness (QED) is 0.752. The van der Waals surface area contributed by atoms with Crippen LogP contribution in [0.15, 0.2) is 42.5 Å². The van der Waals surface area contributed by atoms with Gasteiger partial charge in [-0.05, 0) is 30.2 Å². The van der Waals surface area contributed by atoms with Crippen molar-refractivity contribution in [3.63, 3.8) is 0 Å². The lowest BCUT2D eigenvalue weighted by atomic mass is 10.00. The Morgan fingerprint density at radius 1 is 1.12 bits per heavy atom. The molecule has 0 aromatic heterocycles. The molecule has 6 heteroatoms. The fourth-order valence-corrected chi connectivity index (χ4v) is 2.64. The van der Waals surface area contributed by atoms with E-state index in [0.29, 0.717) is 5.56 Å². The van der Waals surface area contributed by atoms with Gasteiger partial charge < -0.3 is 15.8 Å². The number of ether oxygens (including phenoxy) is 1. The van der Waals surface area contributed by atoms with E-state index >= 15 is 0 Å². The second-order valence-electron chi connectivity index (χ2n) is 5.84. The average Bonchev–Trinajstić information content (AvgIpc) is 2.60. The predicted molar refractivity (Wildman–Crippen MR) is 94.8 cm³/mol. The largest absolute Gasteiger partial charge is 0.466 e. The van der Waals surface area contributed by atoms with Gasteiger partial charge >= 0.3 is 5.97 Å². The van der Waals surface area contributed by atoms with E-state index in [9.17, 15) is 14.4 Å². The molecule has 0 radical (unpaired) electrons. The first-order chi connectivity index (χ1) is 11.9. The molecule has 25 heavy (non-hydrogen) atoms. The van der Waals surface area contributed by atoms with Crippen molar-refractivity contribution in [3.8, 4) is 0 Å². The highest BCUT2D eigenvalue weighted by Gasteiger charge is 2.26. The molecular formula is C19H22N2O4. The van der Waals surface area contributed by atoms with Gasteiger partial charge in [0.25, 0.3) is 5.91 Å². The van der Waals surface area contributed by atoms with Crippen LogP contribution in [0.5, 0.6) is 0 Å². The highest BCUT2D eigenvalue weighted by atomic mass is 16.5. The second kappa shape index (κ2) is 8.28. The number of carbonyl (C=O) groups is 3. The Kier molecular flexibility index (Phi) is 6.11. The minimum Gasteiger partial charge on any atom is -0.466 e. The third kappa shape index (κ3) is 4.56. The van der Waals surface area contributed by atoms with Gasteiger partial charge in [-0.15, -0.1) is 0 Å². The summed E-state index contributed by atoms with van der Waals surface area (Å²) in [5, 5.41) is 4.34. The molecule has 0 unspecified atom stereocenters. The number of hydrogen-bond acceptors (Lipinski definition) is 4. The van der Waals surface area contributed by atoms with Crippen molar-refractivity contribution in [1.29, 1.82) is 0 Å². The molecule has 0 aliphatic carbocycles. The van der Waals surface area contributed by atoms with E-state index < -0.39 is 29.7 Å². The molecule has 0 heterocycles. The minimum atomic E-state index is -0.953. The number of fused-ring (bicyclic) bond motifs is 1. The van der Waals surface area contributed by atoms with Crippen molar-refractivity contribution in [1.82, 2.24) is 5.32 Å². The fourth-order valence-electron chi connectivity index (χ4n) is 2.64. The molecule has 6 nitrogen and oxygen atoms in total. The van der Waals surface area contributed by atoms with E-state index in [2.05, 4.69) is 5.32 Å². The van der Waals surface area contributed by atoms with Crippen LogP contribution in [0, 0.1) is 5.92 Å². The summed E-state index contributed by atoms with van der Waals surface area (Å²) in [6, 6.07) is 11.9. The van der Waals surface area contributed by atoms with Crippen LogP contribution in [0.4, 0.5) is 0 Å². The van der Waals surface area contributed by atoms with Crippen LogP contribution >= 0.6 is 0 Å². The lowest BCUT2D eigenvalue weighted by Crippen LogP contribution is -2.46. The second-order valence-corrected chi connectivity index (χ2v) is 5.84. The first kappa shape index (κ1) is 18.4. The Morgan fingerprint density at radius 3 is 2.48 bits per heavy atom. The summed E-state index contributed by atoms with van der Waals surface area (Å²) < 4.78 is 4.93. The van der Waals surface area contributed by atoms with Gasteiger partial charge in [-0.3, -0.25) is 14.4 Å². The van der Waals surface area contributed by atoms with Crippen molar-refractivity contribution in [2.45, 2.75) is 26.3 Å². The number of amides is 2. The molecule has 0 aliphatic heterocycles. The average molecular weight is 342 g/mol. The Balaban J connectivity index is 2.17. The fraction of sp³-hybridized carbons (Fsp3) is 0.316. The SMILES string of the molecule is CCOC(=O)[C@@H](C)C[C@@H](NC(=O)c1cccc2ccccc12)C(N)=O. The number of benzene rings is 2. The van der Waals surface area contributed by atoms with Crippen LogP contribution < -0.4 is 11.1 Å². The zero-order valence-electron chi connectivity index (χ0n) is 14.3. The monoisotopic (exact) mass is 342 g/mol. The zero-order chi connectivity index (χ0) is 18.4. The number of hydrogen-bond donors (Lipinski definition) is 2. The van der Waals surface area contributed by atoms with Crippen LogP contribution in [-0.2, 0) is 14.3 Å². The van der Waals surface area contributed by atoms with Crippen molar-refractivity contribution in [2.75, 3.05) is 6.61 Å². The number of rotatable bonds is 7. The van der Waals surface area contributed by atoms with Gasteiger partial charge in [0.1, 0.15) is 6.04 Å². The smallest absolute Gasteiger partial charge is 0.308 e. The van der Waals surface area contributed by atoms with Gasteiger partial charge in [0.05, 0.1) is 12.5 Å². The van der Waals surface area contributed by atoms with Gasteiger partial charge in [0.15, 0.2) is 0 Å². The Morgan fingerprint density at radius 2 is 1.80 bits per heavy atom. The number of nitrogens with two attached hydrogens (primary N) is 1. The Labute approximate surface area is 146 Å². The zero-order valence-corrected chi connectivity index (χ0v) is 14.3. The molecule has 2 aromatic carbocycles. The Hall–Kier alpha value is -2.89. The van der Waals surface area contributed by atoms with Gasteiger partial charge in [-0.1, -0.05) is 43.3 Å². The summed E-state index contributed by atoms with van der Waals surface area (Å²) >= 11 is 0. The standard InChI is InChI=1S/C19H22N2O4/c1-3-25-19(24)12(2)11-16(17(20)22)21-18(23)15-10-6-8-13-7-4-5-9-14(13)15/h4-10,12,16H,3,11H2,1-2H3,(H2,20,22)(H,21,23)/t12-,16+/m0/s1. The predicted octanol–water partition coefficient (Wildman–Crippen LogP) is 2.01. The van der Waals surface area contributed by atoms with Crippen LogP contribution in [0.3, 0.4) is 0 Å². The number of esters is 1. The molecule has 0 aliphatic rings. The van der Waals surface area contributed by atoms with Crippen molar-refractivity contribution < 1.29 is 19.1 Å². The lowest BCUT2D eigenvalue weighted by Gasteiger charge is -2.19. The summed E-state index contributed by atoms with van der Waals surface area (Å²) in [5.41, 5.74) is 5.84. The lowest BCUT2D eigenvalue weighted by molar-refractivity contribution is -0.147. The topological polar surface area (TPSA) is 98.5 Å². The van der Waals surface area contributed by atoms with E-state index in [1.807, 2.05) is 30.3 Å². The summed E-state index contributed by atoms with van der Waals surface area (Å²) in [6.07, 6.45) is 0.0880. The number of nitrogens with one attached hydrogen (secondary N) is 1. The summed E-state index contributed by atoms with van der Waals surface area (Å²) in [6.45, 7) is 3.60. The molecule has 2 amide bonds. The van der Waals surface area contributed by atoms with Crippen LogP contribution in [0.25, 0.3) is 10.8 Å². The summed E-state index contributed by atoms with van der Waals surface area (Å²) in [4.78, 5) is 36.1. The van der Waals surface area contributed by atoms with E-state index in [4.69, 9.17) is 10.5 Å². The van der Waals surface area contributed by atoms with Crippen molar-refractivity contribution in [3.05, 3.63) is 48.0 Å². The van der Waals surface area contributed by atoms with Crippen molar-refractivity contribution >= 4 is 28.6 Å². The van der Waals surface area contributed by atoms with Crippen LogP contribution in [0.2, 0.25) is 0 Å². The molecule has 2 rings (SSSR count). The molecule has 0 fully saturated rings. The molecule has 2 aromatic rings. The summed E-state index contributed by atoms with van der Waals surface area (Å²) in [7, 11) is 0. The van der Waals surface area contributed by atoms with Crippen LogP contribution in [0.1, 0.15) is 30.6 Å². The molecule has 132 valence electrons. The molecule has 0 bridgehead atoms. The normalized spacial score (nSPS) is 13.0. The third-order valence-electron chi connectivity index (χ3n) is 3.96. The maximum atomic E-state index is 12.6. The van der Waals surface area contributed by atoms with E-state index in [0.717, 1.165) is 10.8 Å². The molecule has 2 atom stereocenters. The third-order valence-corrected chi connectivity index (χ3v) is 3.96. The molecule has 3 N–H and O–H groups in total. The first-order valence-corrected chi connectivity index (χ1v) is 8.18. The molecular weight excluding hydrogens is 320 g/mol. The minimum absolute atomic E-state index is 0.0880. The van der Waals surface area contributed by atoms with Gasteiger partial charge in [0, 0.05) is 5.56 Å². The molecule has 0 saturated heterocycles.